The lowest BCUT2D eigenvalue weighted by atomic mass is 9.89. The lowest BCUT2D eigenvalue weighted by Crippen LogP contribution is -2.29. The van der Waals surface area contributed by atoms with Gasteiger partial charge in [-0.05, 0) is 79.3 Å². The monoisotopic (exact) mass is 489 g/mol. The predicted molar refractivity (Wildman–Crippen MR) is 130 cm³/mol. The normalized spacial score (nSPS) is 19.6. The first-order valence-electron chi connectivity index (χ1n) is 11.2. The number of benzene rings is 2. The second-order valence-electron chi connectivity index (χ2n) is 8.65. The summed E-state index contributed by atoms with van der Waals surface area (Å²) in [5, 5.41) is 16.5. The van der Waals surface area contributed by atoms with Crippen LogP contribution in [0.25, 0.3) is 5.76 Å². The van der Waals surface area contributed by atoms with Crippen molar-refractivity contribution in [3.63, 3.8) is 0 Å². The largest absolute Gasteiger partial charge is 0.507 e. The zero-order valence-corrected chi connectivity index (χ0v) is 19.5. The number of hydrogen-bond donors (Lipinski definition) is 2. The number of carbonyl (C=O) groups excluding carboxylic acids is 2. The molecule has 1 aliphatic carbocycles. The highest BCUT2D eigenvalue weighted by Gasteiger charge is 2.47. The van der Waals surface area contributed by atoms with Crippen molar-refractivity contribution in [1.29, 1.82) is 0 Å². The van der Waals surface area contributed by atoms with E-state index in [0.29, 0.717) is 11.3 Å². The number of Topliss-reactive ketones (excluding diaryl/α,β-unsaturated/α-hetero) is 1. The fourth-order valence-electron chi connectivity index (χ4n) is 4.75. The number of amides is 1. The highest BCUT2D eigenvalue weighted by Crippen LogP contribution is 2.42. The summed E-state index contributed by atoms with van der Waals surface area (Å²) in [7, 11) is -3.93. The van der Waals surface area contributed by atoms with Crippen LogP contribution in [-0.2, 0) is 32.5 Å². The molecule has 1 saturated heterocycles. The number of sulfonamides is 1. The smallest absolute Gasteiger partial charge is 0.300 e. The molecule has 0 saturated carbocycles. The molecule has 3 aromatic rings. The number of ketones is 1. The van der Waals surface area contributed by atoms with Gasteiger partial charge in [0.05, 0.1) is 16.2 Å². The SMILES string of the molecule is NS(=O)(=O)c1ccc(N2C(=O)C(=O)/C(=C(\O)c3ccc4c(c3)CCCC4)C2c2ccccn2)cc1. The molecule has 3 N–H and O–H groups in total. The molecule has 178 valence electrons. The van der Waals surface area contributed by atoms with Crippen LogP contribution in [0.1, 0.15) is 41.3 Å². The summed E-state index contributed by atoms with van der Waals surface area (Å²) in [5.74, 6) is -1.95. The minimum absolute atomic E-state index is 0.0695. The standard InChI is InChI=1S/C26H23N3O5S/c27-35(33,34)20-12-10-19(11-13-20)29-23(21-7-3-4-14-28-21)22(25(31)26(29)32)24(30)18-9-8-16-5-1-2-6-17(16)15-18/h3-4,7-15,23,30H,1-2,5-6H2,(H2,27,33,34)/b24-22-. The van der Waals surface area contributed by atoms with Crippen molar-refractivity contribution < 1.29 is 23.1 Å². The second kappa shape index (κ2) is 8.75. The van der Waals surface area contributed by atoms with Crippen molar-refractivity contribution >= 4 is 33.2 Å². The van der Waals surface area contributed by atoms with Gasteiger partial charge in [0.1, 0.15) is 11.8 Å². The molecule has 5 rings (SSSR count). The van der Waals surface area contributed by atoms with E-state index in [-0.39, 0.29) is 21.9 Å². The molecule has 9 heteroatoms. The molecule has 0 bridgehead atoms. The zero-order chi connectivity index (χ0) is 24.7. The Bertz CT molecular complexity index is 1460. The van der Waals surface area contributed by atoms with E-state index >= 15 is 0 Å². The molecule has 8 nitrogen and oxygen atoms in total. The molecule has 35 heavy (non-hydrogen) atoms. The Hall–Kier alpha value is -3.82. The van der Waals surface area contributed by atoms with Gasteiger partial charge >= 0.3 is 0 Å². The van der Waals surface area contributed by atoms with Crippen LogP contribution in [0.2, 0.25) is 0 Å². The van der Waals surface area contributed by atoms with Crippen molar-refractivity contribution in [2.45, 2.75) is 36.6 Å². The topological polar surface area (TPSA) is 131 Å². The lowest BCUT2D eigenvalue weighted by Gasteiger charge is -2.25. The van der Waals surface area contributed by atoms with Crippen LogP contribution in [0.5, 0.6) is 0 Å². The Kier molecular flexibility index (Phi) is 5.74. The molecular formula is C26H23N3O5S. The van der Waals surface area contributed by atoms with E-state index in [1.807, 2.05) is 12.1 Å². The van der Waals surface area contributed by atoms with E-state index in [4.69, 9.17) is 5.14 Å². The van der Waals surface area contributed by atoms with E-state index in [1.165, 1.54) is 34.7 Å². The third kappa shape index (κ3) is 4.13. The van der Waals surface area contributed by atoms with Gasteiger partial charge in [0.25, 0.3) is 11.7 Å². The first kappa shape index (κ1) is 22.9. The molecule has 1 fully saturated rings. The first-order chi connectivity index (χ1) is 16.8. The van der Waals surface area contributed by atoms with Crippen molar-refractivity contribution in [3.05, 3.63) is 94.8 Å². The van der Waals surface area contributed by atoms with Gasteiger partial charge < -0.3 is 5.11 Å². The lowest BCUT2D eigenvalue weighted by molar-refractivity contribution is -0.132. The number of hydrogen-bond acceptors (Lipinski definition) is 6. The Morgan fingerprint density at radius 2 is 1.69 bits per heavy atom. The van der Waals surface area contributed by atoms with Crippen LogP contribution in [0.15, 0.2) is 77.3 Å². The molecule has 1 amide bonds. The number of nitrogens with zero attached hydrogens (tertiary/aromatic N) is 2. The summed E-state index contributed by atoms with van der Waals surface area (Å²) in [6.07, 6.45) is 5.59. The van der Waals surface area contributed by atoms with E-state index in [0.717, 1.165) is 31.2 Å². The van der Waals surface area contributed by atoms with Crippen molar-refractivity contribution in [3.8, 4) is 0 Å². The third-order valence-corrected chi connectivity index (χ3v) is 7.41. The van der Waals surface area contributed by atoms with Crippen LogP contribution >= 0.6 is 0 Å². The summed E-state index contributed by atoms with van der Waals surface area (Å²) >= 11 is 0. The second-order valence-corrected chi connectivity index (χ2v) is 10.2. The van der Waals surface area contributed by atoms with Crippen LogP contribution in [0.3, 0.4) is 0 Å². The molecule has 1 atom stereocenters. The summed E-state index contributed by atoms with van der Waals surface area (Å²) in [6, 6.07) is 15.1. The van der Waals surface area contributed by atoms with E-state index in [9.17, 15) is 23.1 Å². The molecule has 1 aromatic heterocycles. The van der Waals surface area contributed by atoms with Crippen LogP contribution in [0.4, 0.5) is 5.69 Å². The molecule has 1 unspecified atom stereocenters. The van der Waals surface area contributed by atoms with Gasteiger partial charge in [0.2, 0.25) is 10.0 Å². The van der Waals surface area contributed by atoms with Gasteiger partial charge in [-0.3, -0.25) is 19.5 Å². The minimum atomic E-state index is -3.93. The number of carbonyl (C=O) groups is 2. The van der Waals surface area contributed by atoms with Crippen LogP contribution < -0.4 is 10.0 Å². The number of nitrogens with two attached hydrogens (primary N) is 1. The third-order valence-electron chi connectivity index (χ3n) is 6.48. The Morgan fingerprint density at radius 1 is 0.971 bits per heavy atom. The molecular weight excluding hydrogens is 466 g/mol. The summed E-state index contributed by atoms with van der Waals surface area (Å²) in [4.78, 5) is 31.9. The molecule has 0 spiro atoms. The maximum atomic E-state index is 13.2. The van der Waals surface area contributed by atoms with Crippen molar-refractivity contribution in [2.75, 3.05) is 4.90 Å². The predicted octanol–water partition coefficient (Wildman–Crippen LogP) is 3.23. The number of rotatable bonds is 4. The average Bonchev–Trinajstić information content (AvgIpc) is 3.13. The fourth-order valence-corrected chi connectivity index (χ4v) is 5.26. The molecule has 1 aliphatic heterocycles. The number of aliphatic hydroxyl groups excluding tert-OH is 1. The van der Waals surface area contributed by atoms with Gasteiger partial charge in [0, 0.05) is 17.4 Å². The molecule has 2 heterocycles. The number of aliphatic hydroxyl groups is 1. The number of anilines is 1. The number of pyridine rings is 1. The number of aryl methyl sites for hydroxylation is 2. The van der Waals surface area contributed by atoms with E-state index in [1.54, 1.807) is 30.5 Å². The van der Waals surface area contributed by atoms with E-state index in [2.05, 4.69) is 4.98 Å². The number of primary sulfonamides is 1. The molecule has 2 aliphatic rings. The first-order valence-corrected chi connectivity index (χ1v) is 12.8. The summed E-state index contributed by atoms with van der Waals surface area (Å²) < 4.78 is 23.3. The zero-order valence-electron chi connectivity index (χ0n) is 18.7. The quantitative estimate of drug-likeness (QED) is 0.329. The van der Waals surface area contributed by atoms with Crippen LogP contribution in [0, 0.1) is 0 Å². The summed E-state index contributed by atoms with van der Waals surface area (Å²) in [5.41, 5.74) is 3.42. The minimum Gasteiger partial charge on any atom is -0.507 e. The van der Waals surface area contributed by atoms with E-state index < -0.39 is 27.8 Å². The maximum Gasteiger partial charge on any atom is 0.300 e. The van der Waals surface area contributed by atoms with Gasteiger partial charge in [0.15, 0.2) is 0 Å². The highest BCUT2D eigenvalue weighted by molar-refractivity contribution is 7.89. The average molecular weight is 490 g/mol. The Balaban J connectivity index is 1.66. The summed E-state index contributed by atoms with van der Waals surface area (Å²) in [6.45, 7) is 0. The Labute approximate surface area is 202 Å². The van der Waals surface area contributed by atoms with Crippen LogP contribution in [-0.4, -0.2) is 30.2 Å². The fraction of sp³-hybridized carbons (Fsp3) is 0.192. The molecule has 0 radical (unpaired) electrons. The Morgan fingerprint density at radius 3 is 2.34 bits per heavy atom. The van der Waals surface area contributed by atoms with Crippen molar-refractivity contribution in [1.82, 2.24) is 4.98 Å². The van der Waals surface area contributed by atoms with Gasteiger partial charge in [-0.2, -0.15) is 0 Å². The van der Waals surface area contributed by atoms with Gasteiger partial charge in [-0.25, -0.2) is 13.6 Å². The number of fused-ring (bicyclic) bond motifs is 1. The molecule has 2 aromatic carbocycles. The van der Waals surface area contributed by atoms with Crippen molar-refractivity contribution in [2.24, 2.45) is 5.14 Å². The highest BCUT2D eigenvalue weighted by atomic mass is 32.2. The maximum absolute atomic E-state index is 13.2. The van der Waals surface area contributed by atoms with Gasteiger partial charge in [-0.1, -0.05) is 18.2 Å². The van der Waals surface area contributed by atoms with Gasteiger partial charge in [-0.15, -0.1) is 0 Å². The number of aromatic nitrogens is 1.